The Kier molecular flexibility index (Phi) is 5.78. The average molecular weight is 252 g/mol. The molecule has 0 spiro atoms. The van der Waals surface area contributed by atoms with Gasteiger partial charge in [-0.25, -0.2) is 9.40 Å². The van der Waals surface area contributed by atoms with E-state index in [0.717, 1.165) is 24.8 Å². The van der Waals surface area contributed by atoms with Crippen molar-refractivity contribution < 1.29 is 9.18 Å². The zero-order chi connectivity index (χ0) is 13.5. The topological polar surface area (TPSA) is 32.3 Å². The highest BCUT2D eigenvalue weighted by Gasteiger charge is 2.03. The first-order valence-corrected chi connectivity index (χ1v) is 6.21. The van der Waals surface area contributed by atoms with E-state index in [2.05, 4.69) is 5.43 Å². The van der Waals surface area contributed by atoms with E-state index in [9.17, 15) is 9.18 Å². The number of carbonyl (C=O) groups is 1. The summed E-state index contributed by atoms with van der Waals surface area (Å²) in [6.45, 7) is 1.77. The van der Waals surface area contributed by atoms with E-state index in [1.807, 2.05) is 12.1 Å². The molecule has 0 fully saturated rings. The highest BCUT2D eigenvalue weighted by atomic mass is 19.1. The number of benzene rings is 1. The van der Waals surface area contributed by atoms with Gasteiger partial charge in [0, 0.05) is 20.5 Å². The van der Waals surface area contributed by atoms with Crippen LogP contribution in [0.3, 0.4) is 0 Å². The molecule has 0 saturated carbocycles. The van der Waals surface area contributed by atoms with E-state index in [4.69, 9.17) is 0 Å². The maximum absolute atomic E-state index is 13.1. The van der Waals surface area contributed by atoms with E-state index in [1.165, 1.54) is 6.07 Å². The highest BCUT2D eigenvalue weighted by Crippen LogP contribution is 2.12. The number of hydrogen-bond acceptors (Lipinski definition) is 2. The lowest BCUT2D eigenvalue weighted by Gasteiger charge is -2.11. The van der Waals surface area contributed by atoms with Crippen LogP contribution in [0.25, 0.3) is 0 Å². The Bertz CT molecular complexity index is 405. The highest BCUT2D eigenvalue weighted by molar-refractivity contribution is 5.75. The number of amides is 1. The van der Waals surface area contributed by atoms with Crippen LogP contribution in [0, 0.1) is 12.7 Å². The Hall–Kier alpha value is -1.42. The molecule has 3 nitrogen and oxygen atoms in total. The summed E-state index contributed by atoms with van der Waals surface area (Å²) in [5.41, 5.74) is 4.51. The van der Waals surface area contributed by atoms with Crippen LogP contribution in [-0.4, -0.2) is 25.0 Å². The van der Waals surface area contributed by atoms with Gasteiger partial charge in [-0.05, 0) is 43.4 Å². The fourth-order valence-electron chi connectivity index (χ4n) is 1.78. The predicted octanol–water partition coefficient (Wildman–Crippen LogP) is 2.44. The molecule has 1 aromatic rings. The fourth-order valence-corrected chi connectivity index (χ4v) is 1.78. The minimum absolute atomic E-state index is 0.0373. The standard InChI is InChI=1S/C14H21FN2O/c1-11-10-12(8-9-13(11)15)6-4-5-7-14(18)16-17(2)3/h8-10H,4-7H2,1-3H3,(H,16,18). The van der Waals surface area contributed by atoms with Crippen LogP contribution in [0.1, 0.15) is 30.4 Å². The van der Waals surface area contributed by atoms with E-state index >= 15 is 0 Å². The quantitative estimate of drug-likeness (QED) is 0.623. The summed E-state index contributed by atoms with van der Waals surface area (Å²) in [7, 11) is 3.58. The summed E-state index contributed by atoms with van der Waals surface area (Å²) in [6.07, 6.45) is 3.19. The lowest BCUT2D eigenvalue weighted by Crippen LogP contribution is -2.35. The minimum atomic E-state index is -0.163. The maximum atomic E-state index is 13.1. The van der Waals surface area contributed by atoms with Crippen molar-refractivity contribution in [3.8, 4) is 0 Å². The van der Waals surface area contributed by atoms with Crippen molar-refractivity contribution in [1.29, 1.82) is 0 Å². The molecule has 0 aromatic heterocycles. The van der Waals surface area contributed by atoms with Crippen LogP contribution in [0.4, 0.5) is 4.39 Å². The molecular formula is C14H21FN2O. The van der Waals surface area contributed by atoms with Crippen molar-refractivity contribution in [1.82, 2.24) is 10.4 Å². The fraction of sp³-hybridized carbons (Fsp3) is 0.500. The minimum Gasteiger partial charge on any atom is -0.289 e. The molecule has 18 heavy (non-hydrogen) atoms. The van der Waals surface area contributed by atoms with E-state index in [0.29, 0.717) is 12.0 Å². The molecule has 0 unspecified atom stereocenters. The molecule has 0 atom stereocenters. The van der Waals surface area contributed by atoms with Gasteiger partial charge in [0.1, 0.15) is 5.82 Å². The molecule has 0 aliphatic carbocycles. The maximum Gasteiger partial charge on any atom is 0.234 e. The number of nitrogens with one attached hydrogen (secondary N) is 1. The van der Waals surface area contributed by atoms with Gasteiger partial charge in [0.15, 0.2) is 0 Å². The summed E-state index contributed by atoms with van der Waals surface area (Å²) >= 11 is 0. The predicted molar refractivity (Wildman–Crippen MR) is 70.5 cm³/mol. The van der Waals surface area contributed by atoms with Gasteiger partial charge in [-0.1, -0.05) is 12.1 Å². The third-order valence-corrected chi connectivity index (χ3v) is 2.69. The van der Waals surface area contributed by atoms with Gasteiger partial charge >= 0.3 is 0 Å². The van der Waals surface area contributed by atoms with Gasteiger partial charge in [0.25, 0.3) is 0 Å². The molecule has 1 N–H and O–H groups in total. The second-order valence-corrected chi connectivity index (χ2v) is 4.72. The first-order valence-electron chi connectivity index (χ1n) is 6.21. The molecule has 4 heteroatoms. The second kappa shape index (κ2) is 7.11. The third-order valence-electron chi connectivity index (χ3n) is 2.69. The van der Waals surface area contributed by atoms with Crippen molar-refractivity contribution in [2.24, 2.45) is 0 Å². The first kappa shape index (κ1) is 14.6. The van der Waals surface area contributed by atoms with Gasteiger partial charge in [0.2, 0.25) is 5.91 Å². The smallest absolute Gasteiger partial charge is 0.234 e. The van der Waals surface area contributed by atoms with E-state index < -0.39 is 0 Å². The van der Waals surface area contributed by atoms with Crippen molar-refractivity contribution in [2.45, 2.75) is 32.6 Å². The van der Waals surface area contributed by atoms with Crippen molar-refractivity contribution in [3.05, 3.63) is 35.1 Å². The first-order chi connectivity index (χ1) is 8.49. The number of carbonyl (C=O) groups excluding carboxylic acids is 1. The Balaban J connectivity index is 2.25. The number of unbranched alkanes of at least 4 members (excludes halogenated alkanes) is 1. The number of hydrogen-bond donors (Lipinski definition) is 1. The Morgan fingerprint density at radius 3 is 2.67 bits per heavy atom. The number of rotatable bonds is 6. The average Bonchev–Trinajstić information content (AvgIpc) is 2.28. The molecule has 0 saturated heterocycles. The molecule has 100 valence electrons. The summed E-state index contributed by atoms with van der Waals surface area (Å²) in [4.78, 5) is 11.4. The molecule has 1 amide bonds. The SMILES string of the molecule is Cc1cc(CCCCC(=O)NN(C)C)ccc1F. The molecule has 0 aliphatic rings. The van der Waals surface area contributed by atoms with Crippen LogP contribution < -0.4 is 5.43 Å². The van der Waals surface area contributed by atoms with Crippen molar-refractivity contribution in [3.63, 3.8) is 0 Å². The summed E-state index contributed by atoms with van der Waals surface area (Å²) in [5, 5.41) is 1.64. The molecule has 0 bridgehead atoms. The molecule has 1 rings (SSSR count). The second-order valence-electron chi connectivity index (χ2n) is 4.72. The molecule has 0 aliphatic heterocycles. The van der Waals surface area contributed by atoms with Gasteiger partial charge in [-0.2, -0.15) is 0 Å². The largest absolute Gasteiger partial charge is 0.289 e. The Labute approximate surface area is 108 Å². The van der Waals surface area contributed by atoms with Crippen LogP contribution in [-0.2, 0) is 11.2 Å². The summed E-state index contributed by atoms with van der Waals surface area (Å²) in [6, 6.07) is 5.18. The van der Waals surface area contributed by atoms with Gasteiger partial charge in [-0.3, -0.25) is 10.2 Å². The third kappa shape index (κ3) is 5.27. The van der Waals surface area contributed by atoms with Crippen molar-refractivity contribution >= 4 is 5.91 Å². The summed E-state index contributed by atoms with van der Waals surface area (Å²) < 4.78 is 13.1. The molecule has 0 heterocycles. The van der Waals surface area contributed by atoms with Crippen LogP contribution in [0.2, 0.25) is 0 Å². The normalized spacial score (nSPS) is 10.7. The molecule has 0 radical (unpaired) electrons. The number of hydrazine groups is 1. The zero-order valence-electron chi connectivity index (χ0n) is 11.3. The number of nitrogens with zero attached hydrogens (tertiary/aromatic N) is 1. The van der Waals surface area contributed by atoms with Crippen LogP contribution >= 0.6 is 0 Å². The van der Waals surface area contributed by atoms with E-state index in [1.54, 1.807) is 26.0 Å². The van der Waals surface area contributed by atoms with E-state index in [-0.39, 0.29) is 11.7 Å². The summed E-state index contributed by atoms with van der Waals surface area (Å²) in [5.74, 6) is -0.126. The molecular weight excluding hydrogens is 231 g/mol. The van der Waals surface area contributed by atoms with Gasteiger partial charge < -0.3 is 0 Å². The molecule has 1 aromatic carbocycles. The van der Waals surface area contributed by atoms with Gasteiger partial charge in [-0.15, -0.1) is 0 Å². The zero-order valence-corrected chi connectivity index (χ0v) is 11.3. The lowest BCUT2D eigenvalue weighted by molar-refractivity contribution is -0.124. The number of halogens is 1. The lowest BCUT2D eigenvalue weighted by atomic mass is 10.0. The Morgan fingerprint density at radius 1 is 1.33 bits per heavy atom. The van der Waals surface area contributed by atoms with Crippen molar-refractivity contribution in [2.75, 3.05) is 14.1 Å². The van der Waals surface area contributed by atoms with Crippen LogP contribution in [0.5, 0.6) is 0 Å². The van der Waals surface area contributed by atoms with Crippen LogP contribution in [0.15, 0.2) is 18.2 Å². The Morgan fingerprint density at radius 2 is 2.06 bits per heavy atom. The monoisotopic (exact) mass is 252 g/mol. The number of aryl methyl sites for hydroxylation is 2. The van der Waals surface area contributed by atoms with Gasteiger partial charge in [0.05, 0.1) is 0 Å².